The number of benzene rings is 1. The van der Waals surface area contributed by atoms with Crippen molar-refractivity contribution >= 4 is 17.7 Å². The zero-order chi connectivity index (χ0) is 15.0. The van der Waals surface area contributed by atoms with Gasteiger partial charge < -0.3 is 15.2 Å². The monoisotopic (exact) mass is 297 g/mol. The van der Waals surface area contributed by atoms with Crippen molar-refractivity contribution in [2.75, 3.05) is 12.9 Å². The van der Waals surface area contributed by atoms with Gasteiger partial charge in [-0.25, -0.2) is 0 Å². The van der Waals surface area contributed by atoms with Crippen molar-refractivity contribution in [2.24, 2.45) is 5.73 Å². The Morgan fingerprint density at radius 1 is 1.30 bits per heavy atom. The lowest BCUT2D eigenvalue weighted by atomic mass is 10.2. The van der Waals surface area contributed by atoms with Gasteiger partial charge in [0.05, 0.1) is 19.6 Å². The molecule has 5 heteroatoms. The molecule has 1 aromatic carbocycles. The zero-order valence-corrected chi connectivity index (χ0v) is 13.1. The number of rotatable bonds is 8. The quantitative estimate of drug-likeness (QED) is 0.747. The Bertz CT molecular complexity index is 406. The van der Waals surface area contributed by atoms with Gasteiger partial charge in [-0.1, -0.05) is 12.1 Å². The van der Waals surface area contributed by atoms with Gasteiger partial charge in [-0.05, 0) is 31.5 Å². The van der Waals surface area contributed by atoms with Crippen molar-refractivity contribution < 1.29 is 14.3 Å². The molecular formula is C15H23NO3S. The van der Waals surface area contributed by atoms with Crippen molar-refractivity contribution in [3.05, 3.63) is 29.8 Å². The molecule has 0 aliphatic rings. The molecule has 112 valence electrons. The van der Waals surface area contributed by atoms with Gasteiger partial charge in [0.1, 0.15) is 5.75 Å². The van der Waals surface area contributed by atoms with Gasteiger partial charge in [0.2, 0.25) is 0 Å². The largest absolute Gasteiger partial charge is 0.497 e. The van der Waals surface area contributed by atoms with E-state index in [2.05, 4.69) is 0 Å². The average Bonchev–Trinajstić information content (AvgIpc) is 2.38. The van der Waals surface area contributed by atoms with Gasteiger partial charge in [-0.2, -0.15) is 11.8 Å². The number of carbonyl (C=O) groups is 1. The molecule has 0 aliphatic heterocycles. The fourth-order valence-corrected chi connectivity index (χ4v) is 2.60. The molecule has 1 rings (SSSR count). The van der Waals surface area contributed by atoms with Crippen molar-refractivity contribution in [3.63, 3.8) is 0 Å². The lowest BCUT2D eigenvalue weighted by molar-refractivity contribution is -0.147. The third-order valence-electron chi connectivity index (χ3n) is 2.56. The van der Waals surface area contributed by atoms with E-state index in [9.17, 15) is 4.79 Å². The normalized spacial score (nSPS) is 12.2. The molecule has 20 heavy (non-hydrogen) atoms. The molecule has 4 nitrogen and oxygen atoms in total. The van der Waals surface area contributed by atoms with E-state index >= 15 is 0 Å². The van der Waals surface area contributed by atoms with Crippen molar-refractivity contribution in [2.45, 2.75) is 38.2 Å². The van der Waals surface area contributed by atoms with Crippen LogP contribution in [0.2, 0.25) is 0 Å². The van der Waals surface area contributed by atoms with E-state index in [1.165, 1.54) is 5.56 Å². The van der Waals surface area contributed by atoms with E-state index in [-0.39, 0.29) is 24.5 Å². The summed E-state index contributed by atoms with van der Waals surface area (Å²) in [7, 11) is 1.65. The fourth-order valence-electron chi connectivity index (χ4n) is 1.63. The fraction of sp³-hybridized carbons (Fsp3) is 0.533. The van der Waals surface area contributed by atoms with E-state index in [1.807, 2.05) is 38.1 Å². The summed E-state index contributed by atoms with van der Waals surface area (Å²) in [6.45, 7) is 3.67. The highest BCUT2D eigenvalue weighted by Crippen LogP contribution is 2.17. The molecule has 1 atom stereocenters. The van der Waals surface area contributed by atoms with E-state index in [0.717, 1.165) is 17.3 Å². The molecule has 0 fully saturated rings. The maximum Gasteiger partial charge on any atom is 0.307 e. The molecule has 1 aromatic rings. The molecule has 0 radical (unpaired) electrons. The maximum atomic E-state index is 11.4. The highest BCUT2D eigenvalue weighted by Gasteiger charge is 2.12. The van der Waals surface area contributed by atoms with Crippen LogP contribution in [-0.2, 0) is 15.3 Å². The summed E-state index contributed by atoms with van der Waals surface area (Å²) in [6.07, 6.45) is 0.190. The summed E-state index contributed by atoms with van der Waals surface area (Å²) in [4.78, 5) is 11.4. The van der Waals surface area contributed by atoms with Gasteiger partial charge in [-0.15, -0.1) is 0 Å². The van der Waals surface area contributed by atoms with Crippen LogP contribution in [0.15, 0.2) is 24.3 Å². The lowest BCUT2D eigenvalue weighted by Gasteiger charge is -2.12. The van der Waals surface area contributed by atoms with Crippen LogP contribution in [0.4, 0.5) is 0 Å². The summed E-state index contributed by atoms with van der Waals surface area (Å²) in [5.41, 5.74) is 7.13. The Morgan fingerprint density at radius 2 is 1.95 bits per heavy atom. The predicted molar refractivity (Wildman–Crippen MR) is 83.0 cm³/mol. The SMILES string of the molecule is COc1ccc(CSC[C@@H](N)CC(=O)OC(C)C)cc1. The minimum atomic E-state index is -0.224. The van der Waals surface area contributed by atoms with E-state index < -0.39 is 0 Å². The summed E-state index contributed by atoms with van der Waals surface area (Å²) >= 11 is 1.72. The minimum absolute atomic E-state index is 0.0818. The lowest BCUT2D eigenvalue weighted by Crippen LogP contribution is -2.28. The molecule has 0 amide bonds. The molecule has 0 saturated heterocycles. The van der Waals surface area contributed by atoms with Gasteiger partial charge in [0.25, 0.3) is 0 Å². The number of hydrogen-bond donors (Lipinski definition) is 1. The third-order valence-corrected chi connectivity index (χ3v) is 3.76. The van der Waals surface area contributed by atoms with Crippen LogP contribution in [0, 0.1) is 0 Å². The van der Waals surface area contributed by atoms with Crippen LogP contribution in [0.25, 0.3) is 0 Å². The Morgan fingerprint density at radius 3 is 2.50 bits per heavy atom. The van der Waals surface area contributed by atoms with Crippen molar-refractivity contribution in [1.82, 2.24) is 0 Å². The number of thioether (sulfide) groups is 1. The first-order chi connectivity index (χ1) is 9.51. The number of hydrogen-bond acceptors (Lipinski definition) is 5. The molecule has 2 N–H and O–H groups in total. The van der Waals surface area contributed by atoms with Crippen LogP contribution >= 0.6 is 11.8 Å². The molecule has 0 bridgehead atoms. The first-order valence-electron chi connectivity index (χ1n) is 6.67. The number of nitrogens with two attached hydrogens (primary N) is 1. The molecule has 0 aromatic heterocycles. The number of esters is 1. The van der Waals surface area contributed by atoms with Crippen LogP contribution < -0.4 is 10.5 Å². The van der Waals surface area contributed by atoms with Crippen LogP contribution in [0.1, 0.15) is 25.8 Å². The molecule has 0 heterocycles. The molecule has 0 unspecified atom stereocenters. The Balaban J connectivity index is 2.23. The van der Waals surface area contributed by atoms with E-state index in [0.29, 0.717) is 0 Å². The summed E-state index contributed by atoms with van der Waals surface area (Å²) in [6, 6.07) is 7.78. The van der Waals surface area contributed by atoms with Gasteiger partial charge in [0.15, 0.2) is 0 Å². The average molecular weight is 297 g/mol. The summed E-state index contributed by atoms with van der Waals surface area (Å²) < 4.78 is 10.2. The Hall–Kier alpha value is -1.20. The van der Waals surface area contributed by atoms with Crippen LogP contribution in [0.3, 0.4) is 0 Å². The maximum absolute atomic E-state index is 11.4. The summed E-state index contributed by atoms with van der Waals surface area (Å²) in [5.74, 6) is 2.24. The van der Waals surface area contributed by atoms with Crippen LogP contribution in [-0.4, -0.2) is 31.0 Å². The van der Waals surface area contributed by atoms with E-state index in [1.54, 1.807) is 18.9 Å². The van der Waals surface area contributed by atoms with Crippen molar-refractivity contribution in [3.8, 4) is 5.75 Å². The standard InChI is InChI=1S/C15H23NO3S/c1-11(2)19-15(17)8-13(16)10-20-9-12-4-6-14(18-3)7-5-12/h4-7,11,13H,8-10,16H2,1-3H3/t13-/m0/s1. The molecule has 0 aliphatic carbocycles. The Labute approximate surface area is 125 Å². The number of carbonyl (C=O) groups excluding carboxylic acids is 1. The smallest absolute Gasteiger partial charge is 0.307 e. The third kappa shape index (κ3) is 6.82. The predicted octanol–water partition coefficient (Wildman–Crippen LogP) is 2.60. The highest BCUT2D eigenvalue weighted by atomic mass is 32.2. The molecule has 0 spiro atoms. The first-order valence-corrected chi connectivity index (χ1v) is 7.82. The molecular weight excluding hydrogens is 274 g/mol. The first kappa shape index (κ1) is 16.9. The minimum Gasteiger partial charge on any atom is -0.497 e. The number of ether oxygens (including phenoxy) is 2. The second kappa shape index (κ2) is 8.87. The topological polar surface area (TPSA) is 61.5 Å². The number of methoxy groups -OCH3 is 1. The Kier molecular flexibility index (Phi) is 7.47. The van der Waals surface area contributed by atoms with Gasteiger partial charge in [-0.3, -0.25) is 4.79 Å². The van der Waals surface area contributed by atoms with Crippen molar-refractivity contribution in [1.29, 1.82) is 0 Å². The highest BCUT2D eigenvalue weighted by molar-refractivity contribution is 7.98. The zero-order valence-electron chi connectivity index (χ0n) is 12.3. The second-order valence-electron chi connectivity index (χ2n) is 4.87. The van der Waals surface area contributed by atoms with Gasteiger partial charge >= 0.3 is 5.97 Å². The second-order valence-corrected chi connectivity index (χ2v) is 5.90. The summed E-state index contributed by atoms with van der Waals surface area (Å²) in [5, 5.41) is 0. The van der Waals surface area contributed by atoms with Gasteiger partial charge in [0, 0.05) is 17.5 Å². The van der Waals surface area contributed by atoms with E-state index in [4.69, 9.17) is 15.2 Å². The van der Waals surface area contributed by atoms with Crippen LogP contribution in [0.5, 0.6) is 5.75 Å². The molecule has 0 saturated carbocycles.